The molecule has 0 spiro atoms. The second kappa shape index (κ2) is 11.7. The zero-order chi connectivity index (χ0) is 19.6. The van der Waals surface area contributed by atoms with Crippen LogP contribution in [-0.2, 0) is 0 Å². The first-order chi connectivity index (χ1) is 13.7. The Hall–Kier alpha value is -1.18. The van der Waals surface area contributed by atoms with Crippen molar-refractivity contribution in [2.24, 2.45) is 23.7 Å². The summed E-state index contributed by atoms with van der Waals surface area (Å²) >= 11 is 0. The molecule has 28 heavy (non-hydrogen) atoms. The molecule has 0 radical (unpaired) electrons. The van der Waals surface area contributed by atoms with Gasteiger partial charge in [0.1, 0.15) is 11.5 Å². The van der Waals surface area contributed by atoms with Crippen LogP contribution < -0.4 is 9.47 Å². The Kier molecular flexibility index (Phi) is 9.02. The van der Waals surface area contributed by atoms with Gasteiger partial charge in [0.25, 0.3) is 0 Å². The Morgan fingerprint density at radius 1 is 0.714 bits per heavy atom. The summed E-state index contributed by atoms with van der Waals surface area (Å²) in [6.07, 6.45) is 16.4. The van der Waals surface area contributed by atoms with Gasteiger partial charge in [-0.2, -0.15) is 0 Å². The molecule has 0 N–H and O–H groups in total. The third-order valence-electron chi connectivity index (χ3n) is 7.13. The number of hydrogen-bond acceptors (Lipinski definition) is 2. The number of benzene rings is 1. The standard InChI is InChI=1S/C26H42O2/c1-3-5-22-11-13-24(14-12-22)20-28-26-17-15-25(16-18-26)27-19-4-6-23-9-7-21(2)8-10-23/h15-18,21-24H,3-14,19-20H2,1-2H3. The Labute approximate surface area is 173 Å². The van der Waals surface area contributed by atoms with Crippen molar-refractivity contribution >= 4 is 0 Å². The molecule has 0 heterocycles. The molecular formula is C26H42O2. The van der Waals surface area contributed by atoms with Crippen LogP contribution in [-0.4, -0.2) is 13.2 Å². The van der Waals surface area contributed by atoms with E-state index < -0.39 is 0 Å². The summed E-state index contributed by atoms with van der Waals surface area (Å²) in [5, 5.41) is 0. The van der Waals surface area contributed by atoms with Crippen LogP contribution in [0.3, 0.4) is 0 Å². The fourth-order valence-corrected chi connectivity index (χ4v) is 5.12. The lowest BCUT2D eigenvalue weighted by molar-refractivity contribution is 0.178. The van der Waals surface area contributed by atoms with Gasteiger partial charge in [0.15, 0.2) is 0 Å². The Morgan fingerprint density at radius 2 is 1.25 bits per heavy atom. The lowest BCUT2D eigenvalue weighted by Gasteiger charge is -2.28. The molecule has 2 heteroatoms. The van der Waals surface area contributed by atoms with Gasteiger partial charge in [-0.15, -0.1) is 0 Å². The SMILES string of the molecule is CCCC1CCC(COc2ccc(OCCCC3CCC(C)CC3)cc2)CC1. The molecule has 3 rings (SSSR count). The summed E-state index contributed by atoms with van der Waals surface area (Å²) in [7, 11) is 0. The molecule has 0 amide bonds. The van der Waals surface area contributed by atoms with E-state index in [2.05, 4.69) is 38.1 Å². The number of hydrogen-bond donors (Lipinski definition) is 0. The minimum atomic E-state index is 0.742. The largest absolute Gasteiger partial charge is 0.494 e. The van der Waals surface area contributed by atoms with Crippen LogP contribution in [0.2, 0.25) is 0 Å². The fourth-order valence-electron chi connectivity index (χ4n) is 5.12. The van der Waals surface area contributed by atoms with Crippen molar-refractivity contribution in [3.63, 3.8) is 0 Å². The van der Waals surface area contributed by atoms with Crippen LogP contribution in [0.1, 0.15) is 90.9 Å². The maximum atomic E-state index is 6.05. The zero-order valence-electron chi connectivity index (χ0n) is 18.3. The highest BCUT2D eigenvalue weighted by molar-refractivity contribution is 5.31. The monoisotopic (exact) mass is 386 g/mol. The van der Waals surface area contributed by atoms with Crippen LogP contribution in [0, 0.1) is 23.7 Å². The van der Waals surface area contributed by atoms with Gasteiger partial charge in [-0.05, 0) is 73.6 Å². The van der Waals surface area contributed by atoms with Crippen molar-refractivity contribution in [2.45, 2.75) is 90.9 Å². The summed E-state index contributed by atoms with van der Waals surface area (Å²) in [5.41, 5.74) is 0. The van der Waals surface area contributed by atoms with E-state index in [0.717, 1.165) is 48.4 Å². The topological polar surface area (TPSA) is 18.5 Å². The van der Waals surface area contributed by atoms with E-state index in [-0.39, 0.29) is 0 Å². The first-order valence-corrected chi connectivity index (χ1v) is 12.1. The molecule has 2 fully saturated rings. The molecule has 0 atom stereocenters. The maximum Gasteiger partial charge on any atom is 0.119 e. The van der Waals surface area contributed by atoms with E-state index in [9.17, 15) is 0 Å². The minimum Gasteiger partial charge on any atom is -0.494 e. The highest BCUT2D eigenvalue weighted by Gasteiger charge is 2.21. The van der Waals surface area contributed by atoms with Gasteiger partial charge in [-0.1, -0.05) is 65.2 Å². The molecule has 0 unspecified atom stereocenters. The lowest BCUT2D eigenvalue weighted by Crippen LogP contribution is -2.20. The molecule has 1 aromatic carbocycles. The fraction of sp³-hybridized carbons (Fsp3) is 0.769. The van der Waals surface area contributed by atoms with Crippen molar-refractivity contribution in [1.82, 2.24) is 0 Å². The minimum absolute atomic E-state index is 0.742. The van der Waals surface area contributed by atoms with Crippen molar-refractivity contribution in [1.29, 1.82) is 0 Å². The van der Waals surface area contributed by atoms with E-state index in [4.69, 9.17) is 9.47 Å². The molecule has 2 saturated carbocycles. The quantitative estimate of drug-likeness (QED) is 0.384. The van der Waals surface area contributed by atoms with Crippen LogP contribution in [0.15, 0.2) is 24.3 Å². The molecule has 2 aliphatic carbocycles. The predicted molar refractivity (Wildman–Crippen MR) is 118 cm³/mol. The van der Waals surface area contributed by atoms with Gasteiger partial charge in [0, 0.05) is 0 Å². The highest BCUT2D eigenvalue weighted by atomic mass is 16.5. The molecule has 0 aromatic heterocycles. The van der Waals surface area contributed by atoms with Crippen LogP contribution >= 0.6 is 0 Å². The maximum absolute atomic E-state index is 6.05. The smallest absolute Gasteiger partial charge is 0.119 e. The third-order valence-corrected chi connectivity index (χ3v) is 7.13. The van der Waals surface area contributed by atoms with E-state index in [1.165, 1.54) is 77.0 Å². The second-order valence-electron chi connectivity index (χ2n) is 9.57. The molecule has 0 aliphatic heterocycles. The van der Waals surface area contributed by atoms with Crippen molar-refractivity contribution in [2.75, 3.05) is 13.2 Å². The van der Waals surface area contributed by atoms with Crippen LogP contribution in [0.5, 0.6) is 11.5 Å². The van der Waals surface area contributed by atoms with Crippen LogP contribution in [0.4, 0.5) is 0 Å². The van der Waals surface area contributed by atoms with Gasteiger partial charge in [0.05, 0.1) is 13.2 Å². The molecule has 1 aromatic rings. The lowest BCUT2D eigenvalue weighted by atomic mass is 9.80. The predicted octanol–water partition coefficient (Wildman–Crippen LogP) is 7.66. The average molecular weight is 387 g/mol. The summed E-state index contributed by atoms with van der Waals surface area (Å²) in [6, 6.07) is 8.27. The Bertz CT molecular complexity index is 522. The molecule has 0 bridgehead atoms. The average Bonchev–Trinajstić information content (AvgIpc) is 2.73. The van der Waals surface area contributed by atoms with E-state index in [1.54, 1.807) is 0 Å². The summed E-state index contributed by atoms with van der Waals surface area (Å²) in [4.78, 5) is 0. The van der Waals surface area contributed by atoms with Gasteiger partial charge in [-0.3, -0.25) is 0 Å². The Morgan fingerprint density at radius 3 is 1.89 bits per heavy atom. The molecule has 2 nitrogen and oxygen atoms in total. The van der Waals surface area contributed by atoms with Crippen molar-refractivity contribution < 1.29 is 9.47 Å². The zero-order valence-corrected chi connectivity index (χ0v) is 18.3. The van der Waals surface area contributed by atoms with Gasteiger partial charge in [0.2, 0.25) is 0 Å². The number of ether oxygens (including phenoxy) is 2. The molecular weight excluding hydrogens is 344 g/mol. The first-order valence-electron chi connectivity index (χ1n) is 12.1. The molecule has 2 aliphatic rings. The highest BCUT2D eigenvalue weighted by Crippen LogP contribution is 2.32. The second-order valence-corrected chi connectivity index (χ2v) is 9.57. The van der Waals surface area contributed by atoms with E-state index >= 15 is 0 Å². The van der Waals surface area contributed by atoms with Crippen LogP contribution in [0.25, 0.3) is 0 Å². The van der Waals surface area contributed by atoms with E-state index in [1.807, 2.05) is 0 Å². The van der Waals surface area contributed by atoms with E-state index in [0.29, 0.717) is 0 Å². The summed E-state index contributed by atoms with van der Waals surface area (Å²) in [5.74, 6) is 5.56. The molecule has 0 saturated heterocycles. The Balaban J connectivity index is 1.27. The van der Waals surface area contributed by atoms with Crippen molar-refractivity contribution in [3.05, 3.63) is 24.3 Å². The van der Waals surface area contributed by atoms with Gasteiger partial charge in [-0.25, -0.2) is 0 Å². The molecule has 158 valence electrons. The van der Waals surface area contributed by atoms with Gasteiger partial charge < -0.3 is 9.47 Å². The number of rotatable bonds is 10. The normalized spacial score (nSPS) is 28.1. The van der Waals surface area contributed by atoms with Crippen molar-refractivity contribution in [3.8, 4) is 11.5 Å². The summed E-state index contributed by atoms with van der Waals surface area (Å²) < 4.78 is 12.0. The first kappa shape index (κ1) is 21.5. The van der Waals surface area contributed by atoms with Gasteiger partial charge >= 0.3 is 0 Å². The third kappa shape index (κ3) is 7.33. The summed E-state index contributed by atoms with van der Waals surface area (Å²) in [6.45, 7) is 6.41.